The SMILES string of the molecule is CCN(Cc1cccc(C)c1)c1ccc(C(c2ccccc2C)C2C=CC(=[N+](CC)Cc3cccc(C)c3)C=C2)cc1. The summed E-state index contributed by atoms with van der Waals surface area (Å²) in [7, 11) is 0. The van der Waals surface area contributed by atoms with Gasteiger partial charge in [0.15, 0.2) is 12.3 Å². The summed E-state index contributed by atoms with van der Waals surface area (Å²) < 4.78 is 2.46. The largest absolute Gasteiger partial charge is 0.367 e. The van der Waals surface area contributed by atoms with Crippen LogP contribution in [0.25, 0.3) is 0 Å². The van der Waals surface area contributed by atoms with Crippen LogP contribution in [0.15, 0.2) is 121 Å². The van der Waals surface area contributed by atoms with Gasteiger partial charge >= 0.3 is 0 Å². The lowest BCUT2D eigenvalue weighted by molar-refractivity contribution is -0.539. The molecule has 1 atom stereocenters. The lowest BCUT2D eigenvalue weighted by atomic mass is 9.77. The minimum Gasteiger partial charge on any atom is -0.367 e. The van der Waals surface area contributed by atoms with E-state index in [9.17, 15) is 0 Å². The summed E-state index contributed by atoms with van der Waals surface area (Å²) in [5.41, 5.74) is 12.0. The predicted octanol–water partition coefficient (Wildman–Crippen LogP) is 9.19. The van der Waals surface area contributed by atoms with Crippen LogP contribution in [-0.2, 0) is 13.1 Å². The number of aryl methyl sites for hydroxylation is 3. The summed E-state index contributed by atoms with van der Waals surface area (Å²) >= 11 is 0. The molecule has 0 radical (unpaired) electrons. The fourth-order valence-electron chi connectivity index (χ4n) is 6.24. The van der Waals surface area contributed by atoms with Gasteiger partial charge in [0.25, 0.3) is 0 Å². The van der Waals surface area contributed by atoms with Gasteiger partial charge in [-0.05, 0) is 75.1 Å². The van der Waals surface area contributed by atoms with Crippen LogP contribution in [0.3, 0.4) is 0 Å². The second kappa shape index (κ2) is 13.7. The van der Waals surface area contributed by atoms with Gasteiger partial charge in [-0.2, -0.15) is 0 Å². The van der Waals surface area contributed by atoms with Gasteiger partial charge in [0.05, 0.1) is 0 Å². The number of rotatable bonds is 10. The van der Waals surface area contributed by atoms with Gasteiger partial charge in [-0.3, -0.25) is 0 Å². The average molecular weight is 554 g/mol. The summed E-state index contributed by atoms with van der Waals surface area (Å²) in [6, 6.07) is 35.9. The summed E-state index contributed by atoms with van der Waals surface area (Å²) in [6.07, 6.45) is 9.50. The van der Waals surface area contributed by atoms with Gasteiger partial charge in [0, 0.05) is 48.3 Å². The standard InChI is InChI=1S/C40H45N2/c1-6-41(28-33-15-10-12-30(3)26-33)37-22-18-35(19-23-37)40(39-17-9-8-14-32(39)5)36-20-24-38(25-21-36)42(7-2)29-34-16-11-13-31(4)27-34/h8-27,35,40H,6-7,28-29H2,1-5H3/q+1. The molecule has 0 amide bonds. The molecule has 0 aliphatic heterocycles. The maximum Gasteiger partial charge on any atom is 0.199 e. The number of nitrogens with zero attached hydrogens (tertiary/aromatic N) is 2. The Kier molecular flexibility index (Phi) is 9.54. The van der Waals surface area contributed by atoms with Crippen molar-refractivity contribution in [3.8, 4) is 0 Å². The van der Waals surface area contributed by atoms with Gasteiger partial charge in [-0.1, -0.05) is 102 Å². The van der Waals surface area contributed by atoms with Crippen LogP contribution in [-0.4, -0.2) is 23.4 Å². The summed E-state index contributed by atoms with van der Waals surface area (Å²) in [4.78, 5) is 2.45. The van der Waals surface area contributed by atoms with Crippen LogP contribution in [0.5, 0.6) is 0 Å². The van der Waals surface area contributed by atoms with Crippen LogP contribution >= 0.6 is 0 Å². The Hall–Kier alpha value is -4.17. The molecule has 1 aliphatic carbocycles. The van der Waals surface area contributed by atoms with Crippen LogP contribution in [0, 0.1) is 26.7 Å². The van der Waals surface area contributed by atoms with E-state index in [4.69, 9.17) is 0 Å². The molecule has 4 aromatic carbocycles. The fraction of sp³-hybridized carbons (Fsp3) is 0.275. The molecule has 0 saturated heterocycles. The van der Waals surface area contributed by atoms with Crippen molar-refractivity contribution < 1.29 is 4.58 Å². The van der Waals surface area contributed by atoms with Gasteiger partial charge < -0.3 is 4.90 Å². The lowest BCUT2D eigenvalue weighted by Gasteiger charge is -2.28. The Labute approximate surface area is 253 Å². The van der Waals surface area contributed by atoms with Gasteiger partial charge in [0.2, 0.25) is 0 Å². The lowest BCUT2D eigenvalue weighted by Crippen LogP contribution is -2.23. The molecule has 0 heterocycles. The number of benzene rings is 4. The Morgan fingerprint density at radius 1 is 0.714 bits per heavy atom. The zero-order chi connectivity index (χ0) is 29.5. The van der Waals surface area contributed by atoms with Crippen LogP contribution in [0.4, 0.5) is 5.69 Å². The highest BCUT2D eigenvalue weighted by atomic mass is 15.1. The average Bonchev–Trinajstić information content (AvgIpc) is 3.01. The van der Waals surface area contributed by atoms with Crippen LogP contribution < -0.4 is 4.90 Å². The topological polar surface area (TPSA) is 6.25 Å². The van der Waals surface area contributed by atoms with Gasteiger partial charge in [0.1, 0.15) is 6.54 Å². The first kappa shape index (κ1) is 29.3. The van der Waals surface area contributed by atoms with Crippen molar-refractivity contribution in [1.29, 1.82) is 0 Å². The zero-order valence-corrected chi connectivity index (χ0v) is 25.9. The minimum absolute atomic E-state index is 0.257. The summed E-state index contributed by atoms with van der Waals surface area (Å²) in [6.45, 7) is 14.8. The number of allylic oxidation sites excluding steroid dienone is 4. The van der Waals surface area contributed by atoms with E-state index >= 15 is 0 Å². The molecule has 0 saturated carbocycles. The number of anilines is 1. The van der Waals surface area contributed by atoms with Crippen molar-refractivity contribution in [1.82, 2.24) is 0 Å². The third-order valence-electron chi connectivity index (χ3n) is 8.54. The molecule has 4 aromatic rings. The summed E-state index contributed by atoms with van der Waals surface area (Å²) in [5, 5.41) is 0. The molecule has 0 N–H and O–H groups in total. The van der Waals surface area contributed by atoms with Crippen molar-refractivity contribution in [3.63, 3.8) is 0 Å². The second-order valence-corrected chi connectivity index (χ2v) is 11.7. The van der Waals surface area contributed by atoms with Crippen LogP contribution in [0.2, 0.25) is 0 Å². The van der Waals surface area contributed by atoms with E-state index in [0.29, 0.717) is 0 Å². The Balaban J connectivity index is 1.42. The first-order valence-corrected chi connectivity index (χ1v) is 15.4. The molecule has 1 unspecified atom stereocenters. The molecule has 0 spiro atoms. The van der Waals surface area contributed by atoms with E-state index < -0.39 is 0 Å². The van der Waals surface area contributed by atoms with E-state index in [1.165, 1.54) is 50.3 Å². The van der Waals surface area contributed by atoms with Gasteiger partial charge in [-0.15, -0.1) is 0 Å². The molecular weight excluding hydrogens is 508 g/mol. The highest BCUT2D eigenvalue weighted by molar-refractivity contribution is 6.01. The Bertz CT molecular complexity index is 1570. The minimum atomic E-state index is 0.257. The zero-order valence-electron chi connectivity index (χ0n) is 25.9. The maximum atomic E-state index is 2.46. The third kappa shape index (κ3) is 6.99. The molecule has 0 fully saturated rings. The first-order chi connectivity index (χ1) is 20.4. The van der Waals surface area contributed by atoms with Crippen molar-refractivity contribution in [2.45, 2.75) is 53.6 Å². The first-order valence-electron chi connectivity index (χ1n) is 15.4. The molecule has 42 heavy (non-hydrogen) atoms. The molecule has 0 aromatic heterocycles. The molecule has 5 rings (SSSR count). The van der Waals surface area contributed by atoms with Gasteiger partial charge in [-0.25, -0.2) is 4.58 Å². The van der Waals surface area contributed by atoms with Crippen molar-refractivity contribution in [2.24, 2.45) is 5.92 Å². The highest BCUT2D eigenvalue weighted by Gasteiger charge is 2.26. The van der Waals surface area contributed by atoms with Crippen molar-refractivity contribution >= 4 is 11.4 Å². The Morgan fingerprint density at radius 3 is 1.98 bits per heavy atom. The third-order valence-corrected chi connectivity index (χ3v) is 8.54. The van der Waals surface area contributed by atoms with Crippen molar-refractivity contribution in [3.05, 3.63) is 160 Å². The van der Waals surface area contributed by atoms with E-state index in [-0.39, 0.29) is 11.8 Å². The Morgan fingerprint density at radius 2 is 1.36 bits per heavy atom. The maximum absolute atomic E-state index is 2.46. The number of hydrogen-bond donors (Lipinski definition) is 0. The number of hydrogen-bond acceptors (Lipinski definition) is 1. The molecule has 1 aliphatic rings. The van der Waals surface area contributed by atoms with E-state index in [1.807, 2.05) is 0 Å². The summed E-state index contributed by atoms with van der Waals surface area (Å²) in [5.74, 6) is 0.543. The molecule has 0 bridgehead atoms. The molecular formula is C40H45N2+. The van der Waals surface area contributed by atoms with E-state index in [2.05, 4.69) is 165 Å². The fourth-order valence-corrected chi connectivity index (χ4v) is 6.24. The molecule has 2 heteroatoms. The highest BCUT2D eigenvalue weighted by Crippen LogP contribution is 2.37. The van der Waals surface area contributed by atoms with E-state index in [1.54, 1.807) is 0 Å². The second-order valence-electron chi connectivity index (χ2n) is 11.7. The monoisotopic (exact) mass is 553 g/mol. The predicted molar refractivity (Wildman–Crippen MR) is 180 cm³/mol. The quantitative estimate of drug-likeness (QED) is 0.177. The molecule has 2 nitrogen and oxygen atoms in total. The normalized spacial score (nSPS) is 15.1. The van der Waals surface area contributed by atoms with Crippen LogP contribution in [0.1, 0.15) is 58.7 Å². The molecule has 214 valence electrons. The smallest absolute Gasteiger partial charge is 0.199 e. The van der Waals surface area contributed by atoms with E-state index in [0.717, 1.165) is 26.2 Å². The van der Waals surface area contributed by atoms with Crippen molar-refractivity contribution in [2.75, 3.05) is 18.0 Å².